The number of hydrazone groups is 1. The molecule has 0 spiro atoms. The van der Waals surface area contributed by atoms with Gasteiger partial charge >= 0.3 is 0 Å². The maximum absolute atomic E-state index is 10.6. The van der Waals surface area contributed by atoms with Gasteiger partial charge in [0.15, 0.2) is 0 Å². The third-order valence-corrected chi connectivity index (χ3v) is 3.17. The molecular formula is C16H27N4O+. The number of nitrogens with zero attached hydrogens (tertiary/aromatic N) is 1. The van der Waals surface area contributed by atoms with E-state index in [4.69, 9.17) is 11.5 Å². The van der Waals surface area contributed by atoms with Crippen LogP contribution in [0.3, 0.4) is 0 Å². The SMILES string of the molecule is CC(C)(C)c1cc(/C=[NH+]/N=C(N)N)cc(C(C)(C)C)c1O. The average molecular weight is 291 g/mol. The molecule has 0 bridgehead atoms. The van der Waals surface area contributed by atoms with Crippen LogP contribution < -0.4 is 16.6 Å². The van der Waals surface area contributed by atoms with Gasteiger partial charge in [0.25, 0.3) is 5.96 Å². The minimum Gasteiger partial charge on any atom is -0.507 e. The van der Waals surface area contributed by atoms with E-state index in [1.807, 2.05) is 12.1 Å². The Labute approximate surface area is 126 Å². The molecule has 116 valence electrons. The van der Waals surface area contributed by atoms with Crippen molar-refractivity contribution in [2.45, 2.75) is 52.4 Å². The molecule has 0 aromatic heterocycles. The molecule has 0 saturated carbocycles. The van der Waals surface area contributed by atoms with Crippen LogP contribution in [0, 0.1) is 0 Å². The van der Waals surface area contributed by atoms with Gasteiger partial charge in [0.05, 0.1) is 0 Å². The van der Waals surface area contributed by atoms with Crippen LogP contribution in [0.25, 0.3) is 0 Å². The number of nitrogens with one attached hydrogen (secondary N) is 1. The van der Waals surface area contributed by atoms with E-state index in [-0.39, 0.29) is 16.8 Å². The fourth-order valence-electron chi connectivity index (χ4n) is 2.06. The first-order chi connectivity index (χ1) is 9.43. The molecule has 1 rings (SSSR count). The molecule has 0 aliphatic heterocycles. The molecule has 0 aliphatic carbocycles. The Balaban J connectivity index is 3.48. The number of nitrogens with two attached hydrogens (primary N) is 2. The summed E-state index contributed by atoms with van der Waals surface area (Å²) in [6.07, 6.45) is 1.71. The average Bonchev–Trinajstić information content (AvgIpc) is 2.27. The lowest BCUT2D eigenvalue weighted by Crippen LogP contribution is -2.63. The highest BCUT2D eigenvalue weighted by Crippen LogP contribution is 2.39. The molecular weight excluding hydrogens is 264 g/mol. The van der Waals surface area contributed by atoms with Crippen LogP contribution in [0.4, 0.5) is 0 Å². The van der Waals surface area contributed by atoms with Gasteiger partial charge in [-0.15, -0.1) is 5.10 Å². The topological polar surface area (TPSA) is 98.6 Å². The van der Waals surface area contributed by atoms with Crippen molar-refractivity contribution in [1.82, 2.24) is 0 Å². The van der Waals surface area contributed by atoms with Crippen molar-refractivity contribution in [3.05, 3.63) is 28.8 Å². The second-order valence-electron chi connectivity index (χ2n) is 7.27. The van der Waals surface area contributed by atoms with Gasteiger partial charge in [0.1, 0.15) is 5.75 Å². The Morgan fingerprint density at radius 3 is 1.81 bits per heavy atom. The van der Waals surface area contributed by atoms with E-state index < -0.39 is 0 Å². The quantitative estimate of drug-likeness (QED) is 0.366. The molecule has 0 saturated heterocycles. The van der Waals surface area contributed by atoms with Crippen LogP contribution in [0.15, 0.2) is 17.2 Å². The van der Waals surface area contributed by atoms with Gasteiger partial charge in [-0.1, -0.05) is 41.5 Å². The van der Waals surface area contributed by atoms with Crippen molar-refractivity contribution in [1.29, 1.82) is 0 Å². The predicted octanol–water partition coefficient (Wildman–Crippen LogP) is 0.675. The monoisotopic (exact) mass is 291 g/mol. The first kappa shape index (κ1) is 17.0. The molecule has 0 amide bonds. The summed E-state index contributed by atoms with van der Waals surface area (Å²) in [6.45, 7) is 12.4. The molecule has 0 fully saturated rings. The highest BCUT2D eigenvalue weighted by Gasteiger charge is 2.26. The molecule has 1 aromatic rings. The summed E-state index contributed by atoms with van der Waals surface area (Å²) in [5.41, 5.74) is 12.9. The number of phenols is 1. The molecule has 0 atom stereocenters. The van der Waals surface area contributed by atoms with Gasteiger partial charge in [-0.3, -0.25) is 0 Å². The number of hydrogen-bond donors (Lipinski definition) is 4. The summed E-state index contributed by atoms with van der Waals surface area (Å²) in [6, 6.07) is 3.89. The molecule has 0 unspecified atom stereocenters. The van der Waals surface area contributed by atoms with Crippen molar-refractivity contribution < 1.29 is 10.2 Å². The van der Waals surface area contributed by atoms with E-state index in [0.29, 0.717) is 5.75 Å². The minimum atomic E-state index is -0.163. The predicted molar refractivity (Wildman–Crippen MR) is 87.4 cm³/mol. The summed E-state index contributed by atoms with van der Waals surface area (Å²) in [5, 5.41) is 17.0. The van der Waals surface area contributed by atoms with Crippen molar-refractivity contribution in [2.75, 3.05) is 0 Å². The van der Waals surface area contributed by atoms with Crippen LogP contribution in [0.5, 0.6) is 5.75 Å². The zero-order valence-electron chi connectivity index (χ0n) is 13.8. The van der Waals surface area contributed by atoms with E-state index in [9.17, 15) is 5.11 Å². The molecule has 6 N–H and O–H groups in total. The number of benzene rings is 1. The minimum absolute atomic E-state index is 0.0304. The Bertz CT molecular complexity index is 536. The maximum atomic E-state index is 10.6. The molecule has 0 heterocycles. The molecule has 1 aromatic carbocycles. The highest BCUT2D eigenvalue weighted by molar-refractivity contribution is 5.78. The zero-order chi connectivity index (χ0) is 16.4. The summed E-state index contributed by atoms with van der Waals surface area (Å²) in [7, 11) is 0. The van der Waals surface area contributed by atoms with Crippen molar-refractivity contribution >= 4 is 12.2 Å². The lowest BCUT2D eigenvalue weighted by Gasteiger charge is -2.27. The van der Waals surface area contributed by atoms with Gasteiger partial charge in [0.2, 0.25) is 6.21 Å². The normalized spacial score (nSPS) is 12.7. The zero-order valence-corrected chi connectivity index (χ0v) is 13.8. The Morgan fingerprint density at radius 1 is 1.05 bits per heavy atom. The van der Waals surface area contributed by atoms with E-state index in [0.717, 1.165) is 16.7 Å². The Hall–Kier alpha value is -2.04. The summed E-state index contributed by atoms with van der Waals surface area (Å²) in [5.74, 6) is 0.325. The largest absolute Gasteiger partial charge is 0.507 e. The van der Waals surface area contributed by atoms with E-state index in [1.54, 1.807) is 6.21 Å². The summed E-state index contributed by atoms with van der Waals surface area (Å²) >= 11 is 0. The van der Waals surface area contributed by atoms with Crippen LogP contribution in [0.2, 0.25) is 0 Å². The smallest absolute Gasteiger partial charge is 0.256 e. The number of hydrogen-bond acceptors (Lipinski definition) is 2. The van der Waals surface area contributed by atoms with E-state index >= 15 is 0 Å². The van der Waals surface area contributed by atoms with Crippen molar-refractivity contribution in [3.63, 3.8) is 0 Å². The molecule has 5 heteroatoms. The number of aromatic hydroxyl groups is 1. The summed E-state index contributed by atoms with van der Waals surface area (Å²) < 4.78 is 0. The molecule has 5 nitrogen and oxygen atoms in total. The Morgan fingerprint density at radius 2 is 1.48 bits per heavy atom. The van der Waals surface area contributed by atoms with Gasteiger partial charge in [0, 0.05) is 21.8 Å². The molecule has 21 heavy (non-hydrogen) atoms. The van der Waals surface area contributed by atoms with Gasteiger partial charge in [-0.05, 0) is 23.0 Å². The van der Waals surface area contributed by atoms with E-state index in [2.05, 4.69) is 51.7 Å². The van der Waals surface area contributed by atoms with Crippen LogP contribution in [-0.2, 0) is 10.8 Å². The number of phenolic OH excluding ortho intramolecular Hbond substituents is 1. The third kappa shape index (κ3) is 4.48. The van der Waals surface area contributed by atoms with E-state index in [1.165, 1.54) is 0 Å². The van der Waals surface area contributed by atoms with Gasteiger partial charge < -0.3 is 16.6 Å². The second-order valence-corrected chi connectivity index (χ2v) is 7.27. The maximum Gasteiger partial charge on any atom is 0.256 e. The third-order valence-electron chi connectivity index (χ3n) is 3.17. The second kappa shape index (κ2) is 5.76. The van der Waals surface area contributed by atoms with Crippen molar-refractivity contribution in [2.24, 2.45) is 16.6 Å². The first-order valence-electron chi connectivity index (χ1n) is 6.98. The fourth-order valence-corrected chi connectivity index (χ4v) is 2.06. The van der Waals surface area contributed by atoms with Crippen LogP contribution in [-0.4, -0.2) is 17.3 Å². The first-order valence-corrected chi connectivity index (χ1v) is 6.98. The number of rotatable bonds is 2. The summed E-state index contributed by atoms with van der Waals surface area (Å²) in [4.78, 5) is 0. The number of guanidine groups is 1. The highest BCUT2D eigenvalue weighted by atomic mass is 16.3. The van der Waals surface area contributed by atoms with Crippen LogP contribution in [0.1, 0.15) is 58.2 Å². The molecule has 0 aliphatic rings. The van der Waals surface area contributed by atoms with Gasteiger partial charge in [-0.2, -0.15) is 0 Å². The fraction of sp³-hybridized carbons (Fsp3) is 0.500. The van der Waals surface area contributed by atoms with Crippen LogP contribution >= 0.6 is 0 Å². The Kier molecular flexibility index (Phi) is 4.66. The van der Waals surface area contributed by atoms with Crippen molar-refractivity contribution in [3.8, 4) is 5.75 Å². The lowest BCUT2D eigenvalue weighted by atomic mass is 9.78. The standard InChI is InChI=1S/C16H26N4O/c1-15(2,3)11-7-10(9-19-20-14(17)18)8-12(13(11)21)16(4,5)6/h7-9,21H,1-6H3,(H4,17,18,20)/p+1/b19-9+. The lowest BCUT2D eigenvalue weighted by molar-refractivity contribution is -0.456. The molecule has 0 radical (unpaired) electrons. The van der Waals surface area contributed by atoms with Gasteiger partial charge in [-0.25, -0.2) is 0 Å².